The summed E-state index contributed by atoms with van der Waals surface area (Å²) in [6, 6.07) is 3.90. The highest BCUT2D eigenvalue weighted by Gasteiger charge is 2.50. The Morgan fingerprint density at radius 2 is 1.96 bits per heavy atom. The first kappa shape index (κ1) is 17.2. The fraction of sp³-hybridized carbons (Fsp3) is 0.684. The van der Waals surface area contributed by atoms with Gasteiger partial charge in [0.25, 0.3) is 0 Å². The van der Waals surface area contributed by atoms with Gasteiger partial charge in [-0.3, -0.25) is 4.98 Å². The van der Waals surface area contributed by atoms with Crippen molar-refractivity contribution in [2.75, 3.05) is 0 Å². The summed E-state index contributed by atoms with van der Waals surface area (Å²) in [5.41, 5.74) is 0.297. The molecule has 1 amide bonds. The van der Waals surface area contributed by atoms with Crippen LogP contribution in [0.2, 0.25) is 0 Å². The van der Waals surface area contributed by atoms with Crippen LogP contribution in [0.5, 0.6) is 0 Å². The number of hydrogen-bond acceptors (Lipinski definition) is 4. The molecule has 2 unspecified atom stereocenters. The summed E-state index contributed by atoms with van der Waals surface area (Å²) in [5.74, 6) is 0. The van der Waals surface area contributed by atoms with E-state index in [4.69, 9.17) is 4.74 Å². The first-order valence-electron chi connectivity index (χ1n) is 8.85. The molecule has 2 saturated heterocycles. The van der Waals surface area contributed by atoms with Crippen molar-refractivity contribution in [1.29, 1.82) is 0 Å². The Kier molecular flexibility index (Phi) is 4.32. The van der Waals surface area contributed by atoms with Gasteiger partial charge in [-0.2, -0.15) is 0 Å². The highest BCUT2D eigenvalue weighted by Crippen LogP contribution is 2.44. The van der Waals surface area contributed by atoms with Crippen LogP contribution in [0, 0.1) is 6.92 Å². The number of amides is 1. The zero-order valence-corrected chi connectivity index (χ0v) is 15.1. The maximum Gasteiger partial charge on any atom is 0.410 e. The van der Waals surface area contributed by atoms with Crippen molar-refractivity contribution in [3.8, 4) is 0 Å². The summed E-state index contributed by atoms with van der Waals surface area (Å²) < 4.78 is 5.60. The molecule has 1 N–H and O–H groups in total. The van der Waals surface area contributed by atoms with Crippen LogP contribution in [-0.4, -0.2) is 38.8 Å². The number of piperidine rings is 2. The molecule has 5 heteroatoms. The Labute approximate surface area is 144 Å². The molecule has 2 fully saturated rings. The van der Waals surface area contributed by atoms with Crippen LogP contribution in [0.25, 0.3) is 0 Å². The fourth-order valence-corrected chi connectivity index (χ4v) is 4.21. The maximum atomic E-state index is 12.6. The fourth-order valence-electron chi connectivity index (χ4n) is 4.21. The number of aromatic nitrogens is 1. The first-order valence-corrected chi connectivity index (χ1v) is 8.85. The second kappa shape index (κ2) is 6.03. The van der Waals surface area contributed by atoms with E-state index in [0.29, 0.717) is 12.8 Å². The lowest BCUT2D eigenvalue weighted by atomic mass is 9.73. The highest BCUT2D eigenvalue weighted by molar-refractivity contribution is 5.69. The Hall–Kier alpha value is -1.62. The van der Waals surface area contributed by atoms with E-state index in [1.807, 2.05) is 44.7 Å². The van der Waals surface area contributed by atoms with E-state index in [-0.39, 0.29) is 18.2 Å². The number of fused-ring (bicyclic) bond motifs is 2. The van der Waals surface area contributed by atoms with Crippen molar-refractivity contribution in [1.82, 2.24) is 9.88 Å². The van der Waals surface area contributed by atoms with Gasteiger partial charge in [0.05, 0.1) is 5.69 Å². The predicted molar refractivity (Wildman–Crippen MR) is 91.6 cm³/mol. The van der Waals surface area contributed by atoms with E-state index in [1.54, 1.807) is 6.20 Å². The Bertz CT molecular complexity index is 609. The number of hydrogen-bond donors (Lipinski definition) is 1. The molecular weight excluding hydrogens is 304 g/mol. The lowest BCUT2D eigenvalue weighted by molar-refractivity contribution is -0.0987. The molecule has 3 rings (SSSR count). The summed E-state index contributed by atoms with van der Waals surface area (Å²) in [4.78, 5) is 19.0. The third kappa shape index (κ3) is 3.27. The molecule has 2 bridgehead atoms. The number of rotatable bonds is 1. The van der Waals surface area contributed by atoms with Gasteiger partial charge in [-0.1, -0.05) is 6.07 Å². The second-order valence-electron chi connectivity index (χ2n) is 8.23. The molecule has 0 aromatic carbocycles. The SMILES string of the molecule is Cc1cccnc1C1(O)CC2CCCC(C1)N2C(=O)OC(C)(C)C. The number of pyridine rings is 1. The maximum absolute atomic E-state index is 12.6. The minimum absolute atomic E-state index is 0.0127. The first-order chi connectivity index (χ1) is 11.2. The summed E-state index contributed by atoms with van der Waals surface area (Å²) >= 11 is 0. The van der Waals surface area contributed by atoms with Gasteiger partial charge in [0, 0.05) is 31.1 Å². The Morgan fingerprint density at radius 1 is 1.33 bits per heavy atom. The van der Waals surface area contributed by atoms with Gasteiger partial charge in [-0.25, -0.2) is 4.79 Å². The molecule has 0 spiro atoms. The standard InChI is InChI=1S/C19H28N2O3/c1-13-7-6-10-20-16(13)19(23)11-14-8-5-9-15(12-19)21(14)17(22)24-18(2,3)4/h6-7,10,14-15,23H,5,8-9,11-12H2,1-4H3. The van der Waals surface area contributed by atoms with Gasteiger partial charge in [0.15, 0.2) is 0 Å². The highest BCUT2D eigenvalue weighted by atomic mass is 16.6. The number of aliphatic hydroxyl groups is 1. The molecule has 2 atom stereocenters. The van der Waals surface area contributed by atoms with Crippen LogP contribution in [0.3, 0.4) is 0 Å². The van der Waals surface area contributed by atoms with E-state index in [9.17, 15) is 9.90 Å². The molecule has 0 radical (unpaired) electrons. The number of nitrogens with zero attached hydrogens (tertiary/aromatic N) is 2. The van der Waals surface area contributed by atoms with Crippen molar-refractivity contribution in [3.05, 3.63) is 29.6 Å². The van der Waals surface area contributed by atoms with Gasteiger partial charge in [0.2, 0.25) is 0 Å². The molecular formula is C19H28N2O3. The molecule has 0 saturated carbocycles. The summed E-state index contributed by atoms with van der Waals surface area (Å²) in [5, 5.41) is 11.3. The van der Waals surface area contributed by atoms with E-state index in [1.165, 1.54) is 0 Å². The van der Waals surface area contributed by atoms with Crippen LogP contribution >= 0.6 is 0 Å². The monoisotopic (exact) mass is 332 g/mol. The average molecular weight is 332 g/mol. The van der Waals surface area contributed by atoms with Crippen molar-refractivity contribution in [2.24, 2.45) is 0 Å². The summed E-state index contributed by atoms with van der Waals surface area (Å²) in [6.45, 7) is 7.64. The third-order valence-corrected chi connectivity index (χ3v) is 5.06. The van der Waals surface area contributed by atoms with E-state index in [2.05, 4.69) is 4.98 Å². The molecule has 3 heterocycles. The largest absolute Gasteiger partial charge is 0.444 e. The smallest absolute Gasteiger partial charge is 0.410 e. The van der Waals surface area contributed by atoms with Gasteiger partial charge in [-0.15, -0.1) is 0 Å². The average Bonchev–Trinajstić information content (AvgIpc) is 2.44. The summed E-state index contributed by atoms with van der Waals surface area (Å²) in [6.07, 6.45) is 5.44. The summed E-state index contributed by atoms with van der Waals surface area (Å²) in [7, 11) is 0. The molecule has 2 aliphatic heterocycles. The Morgan fingerprint density at radius 3 is 2.50 bits per heavy atom. The zero-order chi connectivity index (χ0) is 17.5. The lowest BCUT2D eigenvalue weighted by Crippen LogP contribution is -2.59. The minimum atomic E-state index is -0.959. The molecule has 1 aromatic rings. The normalized spacial score (nSPS) is 30.1. The van der Waals surface area contributed by atoms with Crippen molar-refractivity contribution in [3.63, 3.8) is 0 Å². The van der Waals surface area contributed by atoms with Crippen LogP contribution in [0.1, 0.15) is 64.1 Å². The van der Waals surface area contributed by atoms with Crippen LogP contribution in [-0.2, 0) is 10.3 Å². The number of carbonyl (C=O) groups excluding carboxylic acids is 1. The number of carbonyl (C=O) groups is 1. The van der Waals surface area contributed by atoms with Crippen molar-refractivity contribution in [2.45, 2.75) is 83.1 Å². The van der Waals surface area contributed by atoms with E-state index in [0.717, 1.165) is 30.5 Å². The lowest BCUT2D eigenvalue weighted by Gasteiger charge is -2.51. The van der Waals surface area contributed by atoms with Crippen LogP contribution in [0.15, 0.2) is 18.3 Å². The van der Waals surface area contributed by atoms with Gasteiger partial charge >= 0.3 is 6.09 Å². The van der Waals surface area contributed by atoms with E-state index < -0.39 is 11.2 Å². The zero-order valence-electron chi connectivity index (χ0n) is 15.1. The molecule has 5 nitrogen and oxygen atoms in total. The number of aryl methyl sites for hydroxylation is 1. The minimum Gasteiger partial charge on any atom is -0.444 e. The molecule has 2 aliphatic rings. The van der Waals surface area contributed by atoms with Crippen molar-refractivity contribution < 1.29 is 14.6 Å². The van der Waals surface area contributed by atoms with Crippen LogP contribution < -0.4 is 0 Å². The third-order valence-electron chi connectivity index (χ3n) is 5.06. The molecule has 1 aromatic heterocycles. The van der Waals surface area contributed by atoms with Gasteiger partial charge in [0.1, 0.15) is 11.2 Å². The van der Waals surface area contributed by atoms with Gasteiger partial charge < -0.3 is 14.7 Å². The predicted octanol–water partition coefficient (Wildman–Crippen LogP) is 3.53. The number of ether oxygens (including phenoxy) is 1. The van der Waals surface area contributed by atoms with Gasteiger partial charge in [-0.05, 0) is 58.6 Å². The topological polar surface area (TPSA) is 62.7 Å². The second-order valence-corrected chi connectivity index (χ2v) is 8.23. The molecule has 132 valence electrons. The molecule has 24 heavy (non-hydrogen) atoms. The quantitative estimate of drug-likeness (QED) is 0.854. The van der Waals surface area contributed by atoms with Crippen molar-refractivity contribution >= 4 is 6.09 Å². The van der Waals surface area contributed by atoms with Crippen LogP contribution in [0.4, 0.5) is 4.79 Å². The Balaban J connectivity index is 1.86. The van der Waals surface area contributed by atoms with E-state index >= 15 is 0 Å². The molecule has 0 aliphatic carbocycles.